The maximum Gasteiger partial charge on any atom is 0.132 e. The fourth-order valence-electron chi connectivity index (χ4n) is 1.38. The lowest BCUT2D eigenvalue weighted by molar-refractivity contribution is 0.983. The van der Waals surface area contributed by atoms with Crippen LogP contribution in [0.25, 0.3) is 11.0 Å². The molecule has 6 heteroatoms. The molecule has 0 aliphatic rings. The summed E-state index contributed by atoms with van der Waals surface area (Å²) >= 11 is 7.23. The van der Waals surface area contributed by atoms with E-state index >= 15 is 0 Å². The summed E-state index contributed by atoms with van der Waals surface area (Å²) in [5.74, 6) is 0.574. The van der Waals surface area contributed by atoms with Crippen LogP contribution in [0.5, 0.6) is 0 Å². The first kappa shape index (κ1) is 11.3. The van der Waals surface area contributed by atoms with E-state index in [1.807, 2.05) is 6.07 Å². The molecule has 16 heavy (non-hydrogen) atoms. The molecular formula is C10H11ClN4S. The van der Waals surface area contributed by atoms with Gasteiger partial charge in [0.2, 0.25) is 0 Å². The van der Waals surface area contributed by atoms with Gasteiger partial charge in [-0.3, -0.25) is 0 Å². The number of fused-ring (bicyclic) bond motifs is 1. The molecule has 1 aromatic carbocycles. The highest BCUT2D eigenvalue weighted by atomic mass is 35.5. The average molecular weight is 255 g/mol. The fraction of sp³-hybridized carbons (Fsp3) is 0.300. The molecule has 0 aliphatic heterocycles. The minimum absolute atomic E-state index is 0.555. The monoisotopic (exact) mass is 254 g/mol. The van der Waals surface area contributed by atoms with E-state index in [4.69, 9.17) is 17.3 Å². The zero-order valence-electron chi connectivity index (χ0n) is 8.77. The van der Waals surface area contributed by atoms with E-state index in [-0.39, 0.29) is 0 Å². The Hall–Kier alpha value is -1.20. The molecule has 2 aromatic rings. The number of aromatic nitrogens is 2. The van der Waals surface area contributed by atoms with Crippen LogP contribution in [0.2, 0.25) is 5.02 Å². The maximum atomic E-state index is 6.08. The lowest BCUT2D eigenvalue weighted by atomic mass is 10.2. The lowest BCUT2D eigenvalue weighted by Gasteiger charge is -2.01. The third-order valence-corrected chi connectivity index (χ3v) is 2.96. The third-order valence-electron chi connectivity index (χ3n) is 2.11. The van der Waals surface area contributed by atoms with Crippen LogP contribution in [0.1, 0.15) is 19.8 Å². The van der Waals surface area contributed by atoms with Gasteiger partial charge in [-0.25, -0.2) is 4.99 Å². The van der Waals surface area contributed by atoms with Crippen LogP contribution in [-0.4, -0.2) is 14.6 Å². The van der Waals surface area contributed by atoms with Gasteiger partial charge >= 0.3 is 0 Å². The van der Waals surface area contributed by atoms with E-state index in [1.165, 1.54) is 0 Å². The summed E-state index contributed by atoms with van der Waals surface area (Å²) in [5, 5.41) is 0.555. The zero-order chi connectivity index (χ0) is 11.5. The van der Waals surface area contributed by atoms with Gasteiger partial charge in [0.25, 0.3) is 0 Å². The van der Waals surface area contributed by atoms with Gasteiger partial charge in [-0.15, -0.1) is 0 Å². The van der Waals surface area contributed by atoms with Crippen molar-refractivity contribution in [2.75, 3.05) is 0 Å². The van der Waals surface area contributed by atoms with Crippen molar-refractivity contribution < 1.29 is 0 Å². The molecule has 0 fully saturated rings. The van der Waals surface area contributed by atoms with Crippen LogP contribution >= 0.6 is 23.3 Å². The molecule has 0 amide bonds. The smallest absolute Gasteiger partial charge is 0.132 e. The first-order valence-electron chi connectivity index (χ1n) is 4.96. The van der Waals surface area contributed by atoms with Gasteiger partial charge in [-0.2, -0.15) is 8.75 Å². The minimum Gasteiger partial charge on any atom is -0.387 e. The molecule has 0 atom stereocenters. The normalized spacial score (nSPS) is 12.2. The number of nitrogens with zero attached hydrogens (tertiary/aromatic N) is 3. The number of rotatable bonds is 3. The highest BCUT2D eigenvalue weighted by molar-refractivity contribution is 7.00. The second-order valence-electron chi connectivity index (χ2n) is 3.38. The molecule has 0 radical (unpaired) electrons. The van der Waals surface area contributed by atoms with Gasteiger partial charge in [0, 0.05) is 6.42 Å². The van der Waals surface area contributed by atoms with Crippen LogP contribution in [0, 0.1) is 0 Å². The second-order valence-corrected chi connectivity index (χ2v) is 4.32. The van der Waals surface area contributed by atoms with Crippen molar-refractivity contribution >= 4 is 45.9 Å². The molecule has 0 spiro atoms. The van der Waals surface area contributed by atoms with Crippen LogP contribution in [0.4, 0.5) is 5.69 Å². The molecule has 0 bridgehead atoms. The molecule has 0 aliphatic carbocycles. The van der Waals surface area contributed by atoms with Crippen LogP contribution in [0.3, 0.4) is 0 Å². The first-order valence-corrected chi connectivity index (χ1v) is 6.07. The van der Waals surface area contributed by atoms with Crippen molar-refractivity contribution in [3.63, 3.8) is 0 Å². The van der Waals surface area contributed by atoms with E-state index in [0.29, 0.717) is 16.5 Å². The van der Waals surface area contributed by atoms with E-state index in [9.17, 15) is 0 Å². The minimum atomic E-state index is 0.555. The summed E-state index contributed by atoms with van der Waals surface area (Å²) in [6.07, 6.45) is 1.71. The zero-order valence-corrected chi connectivity index (χ0v) is 10.3. The number of amidine groups is 1. The van der Waals surface area contributed by atoms with Crippen LogP contribution in [0.15, 0.2) is 17.1 Å². The predicted molar refractivity (Wildman–Crippen MR) is 68.6 cm³/mol. The summed E-state index contributed by atoms with van der Waals surface area (Å²) in [7, 11) is 0. The highest BCUT2D eigenvalue weighted by Crippen LogP contribution is 2.32. The molecule has 1 aromatic heterocycles. The van der Waals surface area contributed by atoms with Gasteiger partial charge in [-0.05, 0) is 18.6 Å². The molecule has 84 valence electrons. The Morgan fingerprint density at radius 2 is 2.31 bits per heavy atom. The summed E-state index contributed by atoms with van der Waals surface area (Å²) in [4.78, 5) is 4.32. The summed E-state index contributed by atoms with van der Waals surface area (Å²) in [6.45, 7) is 2.05. The standard InChI is InChI=1S/C10H11ClN4S/c1-2-3-8(12)13-9-6(11)4-5-7-10(9)15-16-14-7/h4-5H,2-3H2,1H3,(H2,12,13). The van der Waals surface area contributed by atoms with E-state index < -0.39 is 0 Å². The molecule has 0 saturated heterocycles. The lowest BCUT2D eigenvalue weighted by Crippen LogP contribution is -2.10. The Morgan fingerprint density at radius 1 is 1.50 bits per heavy atom. The Balaban J connectivity index is 2.53. The number of halogens is 1. The molecule has 4 nitrogen and oxygen atoms in total. The first-order chi connectivity index (χ1) is 7.72. The Labute approximate surface area is 102 Å². The van der Waals surface area contributed by atoms with Gasteiger partial charge in [0.05, 0.1) is 22.6 Å². The van der Waals surface area contributed by atoms with Crippen molar-refractivity contribution in [1.82, 2.24) is 8.75 Å². The van der Waals surface area contributed by atoms with Gasteiger partial charge in [-0.1, -0.05) is 18.5 Å². The molecule has 2 N–H and O–H groups in total. The predicted octanol–water partition coefficient (Wildman–Crippen LogP) is 3.13. The van der Waals surface area contributed by atoms with E-state index in [0.717, 1.165) is 35.6 Å². The van der Waals surface area contributed by atoms with Crippen LogP contribution < -0.4 is 5.73 Å². The number of hydrogen-bond donors (Lipinski definition) is 1. The molecular weight excluding hydrogens is 244 g/mol. The Morgan fingerprint density at radius 3 is 3.06 bits per heavy atom. The van der Waals surface area contributed by atoms with Crippen molar-refractivity contribution in [2.24, 2.45) is 10.7 Å². The summed E-state index contributed by atoms with van der Waals surface area (Å²) < 4.78 is 8.31. The summed E-state index contributed by atoms with van der Waals surface area (Å²) in [5.41, 5.74) is 7.94. The Bertz CT molecular complexity index is 535. The van der Waals surface area contributed by atoms with Crippen molar-refractivity contribution in [1.29, 1.82) is 0 Å². The molecule has 2 rings (SSSR count). The fourth-order valence-corrected chi connectivity index (χ4v) is 2.11. The number of nitrogens with two attached hydrogens (primary N) is 1. The summed E-state index contributed by atoms with van der Waals surface area (Å²) in [6, 6.07) is 3.60. The van der Waals surface area contributed by atoms with E-state index in [1.54, 1.807) is 6.07 Å². The largest absolute Gasteiger partial charge is 0.387 e. The van der Waals surface area contributed by atoms with E-state index in [2.05, 4.69) is 20.7 Å². The molecule has 0 saturated carbocycles. The molecule has 0 unspecified atom stereocenters. The average Bonchev–Trinajstić information content (AvgIpc) is 2.71. The Kier molecular flexibility index (Phi) is 3.36. The van der Waals surface area contributed by atoms with Crippen molar-refractivity contribution in [3.05, 3.63) is 17.2 Å². The second kappa shape index (κ2) is 4.76. The van der Waals surface area contributed by atoms with Crippen molar-refractivity contribution in [2.45, 2.75) is 19.8 Å². The molecule has 1 heterocycles. The highest BCUT2D eigenvalue weighted by Gasteiger charge is 2.09. The van der Waals surface area contributed by atoms with Gasteiger partial charge < -0.3 is 5.73 Å². The van der Waals surface area contributed by atoms with Gasteiger partial charge in [0.15, 0.2) is 0 Å². The van der Waals surface area contributed by atoms with Crippen LogP contribution in [-0.2, 0) is 0 Å². The number of hydrogen-bond acceptors (Lipinski definition) is 4. The number of benzene rings is 1. The number of aliphatic imine (C=N–C) groups is 1. The van der Waals surface area contributed by atoms with Crippen molar-refractivity contribution in [3.8, 4) is 0 Å². The third kappa shape index (κ3) is 2.15. The topological polar surface area (TPSA) is 64.2 Å². The quantitative estimate of drug-likeness (QED) is 0.676. The SMILES string of the molecule is CCCC(N)=Nc1c(Cl)ccc2nsnc12. The maximum absolute atomic E-state index is 6.08. The van der Waals surface area contributed by atoms with Gasteiger partial charge in [0.1, 0.15) is 16.7 Å².